The van der Waals surface area contributed by atoms with Crippen LogP contribution in [-0.4, -0.2) is 23.4 Å². The van der Waals surface area contributed by atoms with Crippen LogP contribution in [0.5, 0.6) is 0 Å². The number of fused-ring (bicyclic) bond motifs is 1. The van der Waals surface area contributed by atoms with E-state index in [0.717, 1.165) is 36.6 Å². The quantitative estimate of drug-likeness (QED) is 0.873. The van der Waals surface area contributed by atoms with Gasteiger partial charge in [-0.25, -0.2) is 0 Å². The van der Waals surface area contributed by atoms with Crippen molar-refractivity contribution in [1.29, 1.82) is 0 Å². The van der Waals surface area contributed by atoms with E-state index in [4.69, 9.17) is 9.94 Å². The van der Waals surface area contributed by atoms with Crippen molar-refractivity contribution in [2.45, 2.75) is 33.6 Å². The summed E-state index contributed by atoms with van der Waals surface area (Å²) in [7, 11) is 3.56. The molecule has 1 aromatic heterocycles. The third kappa shape index (κ3) is 2.69. The smallest absolute Gasteiger partial charge is 0.158 e. The van der Waals surface area contributed by atoms with E-state index in [-0.39, 0.29) is 0 Å². The molecule has 0 radical (unpaired) electrons. The molecule has 1 N–H and O–H groups in total. The predicted molar refractivity (Wildman–Crippen MR) is 98.4 cm³/mol. The van der Waals surface area contributed by atoms with Gasteiger partial charge in [-0.15, -0.1) is 0 Å². The topological polar surface area (TPSA) is 42.3 Å². The first-order valence-corrected chi connectivity index (χ1v) is 8.33. The molecule has 0 saturated heterocycles. The molecule has 0 bridgehead atoms. The van der Waals surface area contributed by atoms with Gasteiger partial charge in [-0.3, -0.25) is 15.0 Å². The largest absolute Gasteiger partial charge is 0.324 e. The third-order valence-electron chi connectivity index (χ3n) is 4.60. The molecule has 1 aliphatic rings. The van der Waals surface area contributed by atoms with Crippen molar-refractivity contribution < 1.29 is 4.84 Å². The highest BCUT2D eigenvalue weighted by atomic mass is 16.6. The fraction of sp³-hybridized carbons (Fsp3) is 0.421. The standard InChI is InChI=1S/C19H26N4O/c1-12-10-13(2)17(14(3)11-12)23-9-7-8-16-18(15(4)21-24-6)22(5)20-19(16)23/h10-11,21H,4,7-9H2,1-3,5-6H3. The van der Waals surface area contributed by atoms with E-state index in [1.807, 2.05) is 11.7 Å². The maximum atomic E-state index is 5.03. The zero-order valence-corrected chi connectivity index (χ0v) is 15.2. The first-order chi connectivity index (χ1) is 11.4. The Morgan fingerprint density at radius 2 is 1.92 bits per heavy atom. The number of hydroxylamine groups is 1. The summed E-state index contributed by atoms with van der Waals surface area (Å²) in [4.78, 5) is 7.39. The van der Waals surface area contributed by atoms with Gasteiger partial charge in [0, 0.05) is 24.8 Å². The van der Waals surface area contributed by atoms with Gasteiger partial charge in [0.15, 0.2) is 5.82 Å². The van der Waals surface area contributed by atoms with Crippen molar-refractivity contribution in [1.82, 2.24) is 15.3 Å². The second kappa shape index (κ2) is 6.32. The van der Waals surface area contributed by atoms with Gasteiger partial charge < -0.3 is 4.90 Å². The summed E-state index contributed by atoms with van der Waals surface area (Å²) in [5, 5.41) is 4.80. The first-order valence-electron chi connectivity index (χ1n) is 8.33. The van der Waals surface area contributed by atoms with Crippen LogP contribution in [-0.2, 0) is 18.3 Å². The van der Waals surface area contributed by atoms with Gasteiger partial charge in [-0.1, -0.05) is 24.3 Å². The molecule has 3 rings (SSSR count). The Morgan fingerprint density at radius 1 is 1.25 bits per heavy atom. The minimum Gasteiger partial charge on any atom is -0.324 e. The average Bonchev–Trinajstić information content (AvgIpc) is 2.83. The molecule has 2 heterocycles. The summed E-state index contributed by atoms with van der Waals surface area (Å²) in [5.41, 5.74) is 11.0. The minimum atomic E-state index is 0.743. The van der Waals surface area contributed by atoms with E-state index in [2.05, 4.69) is 49.9 Å². The highest BCUT2D eigenvalue weighted by Crippen LogP contribution is 2.39. The summed E-state index contributed by atoms with van der Waals surface area (Å²) in [6, 6.07) is 4.48. The number of nitrogens with zero attached hydrogens (tertiary/aromatic N) is 3. The lowest BCUT2D eigenvalue weighted by atomic mass is 9.99. The molecule has 0 amide bonds. The molecule has 2 aromatic rings. The van der Waals surface area contributed by atoms with Crippen LogP contribution in [0.2, 0.25) is 0 Å². The monoisotopic (exact) mass is 326 g/mol. The minimum absolute atomic E-state index is 0.743. The lowest BCUT2D eigenvalue weighted by Crippen LogP contribution is -2.26. The number of hydrogen-bond acceptors (Lipinski definition) is 4. The van der Waals surface area contributed by atoms with Crippen molar-refractivity contribution in [3.8, 4) is 0 Å². The highest BCUT2D eigenvalue weighted by molar-refractivity contribution is 5.75. The first kappa shape index (κ1) is 16.6. The normalized spacial score (nSPS) is 13.8. The molecule has 24 heavy (non-hydrogen) atoms. The Bertz CT molecular complexity index is 768. The molecule has 1 aromatic carbocycles. The zero-order valence-electron chi connectivity index (χ0n) is 15.2. The number of rotatable bonds is 4. The Kier molecular flexibility index (Phi) is 4.37. The van der Waals surface area contributed by atoms with E-state index < -0.39 is 0 Å². The van der Waals surface area contributed by atoms with Crippen LogP contribution in [0.15, 0.2) is 18.7 Å². The third-order valence-corrected chi connectivity index (χ3v) is 4.60. The van der Waals surface area contributed by atoms with Gasteiger partial charge in [-0.05, 0) is 44.7 Å². The number of benzene rings is 1. The number of aryl methyl sites for hydroxylation is 4. The van der Waals surface area contributed by atoms with Gasteiger partial charge in [0.05, 0.1) is 18.5 Å². The Balaban J connectivity index is 2.11. The Morgan fingerprint density at radius 3 is 2.54 bits per heavy atom. The van der Waals surface area contributed by atoms with Crippen LogP contribution in [0, 0.1) is 20.8 Å². The molecule has 5 nitrogen and oxygen atoms in total. The molecule has 128 valence electrons. The second-order valence-corrected chi connectivity index (χ2v) is 6.56. The molecule has 0 unspecified atom stereocenters. The van der Waals surface area contributed by atoms with E-state index in [0.29, 0.717) is 0 Å². The van der Waals surface area contributed by atoms with Gasteiger partial charge in [0.2, 0.25) is 0 Å². The molecule has 5 heteroatoms. The van der Waals surface area contributed by atoms with Crippen molar-refractivity contribution >= 4 is 17.2 Å². The van der Waals surface area contributed by atoms with Crippen LogP contribution in [0.25, 0.3) is 5.70 Å². The van der Waals surface area contributed by atoms with Crippen LogP contribution < -0.4 is 10.4 Å². The molecule has 0 saturated carbocycles. The zero-order chi connectivity index (χ0) is 17.4. The van der Waals surface area contributed by atoms with Gasteiger partial charge in [-0.2, -0.15) is 5.10 Å². The molecular weight excluding hydrogens is 300 g/mol. The van der Waals surface area contributed by atoms with E-state index in [9.17, 15) is 0 Å². The Hall–Kier alpha value is -2.27. The van der Waals surface area contributed by atoms with Crippen LogP contribution in [0.1, 0.15) is 34.4 Å². The predicted octanol–water partition coefficient (Wildman–Crippen LogP) is 3.55. The van der Waals surface area contributed by atoms with E-state index in [1.165, 1.54) is 27.9 Å². The maximum absolute atomic E-state index is 5.03. The van der Waals surface area contributed by atoms with Crippen molar-refractivity contribution in [3.05, 3.63) is 46.7 Å². The molecule has 0 aliphatic carbocycles. The lowest BCUT2D eigenvalue weighted by Gasteiger charge is -2.31. The van der Waals surface area contributed by atoms with E-state index >= 15 is 0 Å². The van der Waals surface area contributed by atoms with Gasteiger partial charge in [0.25, 0.3) is 0 Å². The summed E-state index contributed by atoms with van der Waals surface area (Å²) >= 11 is 0. The van der Waals surface area contributed by atoms with Gasteiger partial charge >= 0.3 is 0 Å². The molecule has 0 atom stereocenters. The van der Waals surface area contributed by atoms with E-state index in [1.54, 1.807) is 7.11 Å². The highest BCUT2D eigenvalue weighted by Gasteiger charge is 2.28. The lowest BCUT2D eigenvalue weighted by molar-refractivity contribution is 0.136. The molecule has 1 aliphatic heterocycles. The molecule has 0 spiro atoms. The fourth-order valence-corrected chi connectivity index (χ4v) is 3.89. The molecule has 0 fully saturated rings. The fourth-order valence-electron chi connectivity index (χ4n) is 3.89. The Labute approximate surface area is 143 Å². The van der Waals surface area contributed by atoms with Crippen LogP contribution >= 0.6 is 0 Å². The number of anilines is 2. The number of hydrogen-bond donors (Lipinski definition) is 1. The van der Waals surface area contributed by atoms with Crippen LogP contribution in [0.3, 0.4) is 0 Å². The SMILES string of the molecule is C=C(NOC)c1c2c(nn1C)N(c1c(C)cc(C)cc1C)CCC2. The van der Waals surface area contributed by atoms with Crippen molar-refractivity contribution in [2.24, 2.45) is 7.05 Å². The summed E-state index contributed by atoms with van der Waals surface area (Å²) in [5.74, 6) is 1.04. The number of nitrogens with one attached hydrogen (secondary N) is 1. The van der Waals surface area contributed by atoms with Crippen molar-refractivity contribution in [2.75, 3.05) is 18.6 Å². The maximum Gasteiger partial charge on any atom is 0.158 e. The summed E-state index contributed by atoms with van der Waals surface area (Å²) in [6.07, 6.45) is 2.10. The summed E-state index contributed by atoms with van der Waals surface area (Å²) < 4.78 is 1.90. The van der Waals surface area contributed by atoms with Gasteiger partial charge in [0.1, 0.15) is 0 Å². The summed E-state index contributed by atoms with van der Waals surface area (Å²) in [6.45, 7) is 11.6. The average molecular weight is 326 g/mol. The molecular formula is C19H26N4O. The van der Waals surface area contributed by atoms with Crippen molar-refractivity contribution in [3.63, 3.8) is 0 Å². The second-order valence-electron chi connectivity index (χ2n) is 6.56. The van der Waals surface area contributed by atoms with Crippen LogP contribution in [0.4, 0.5) is 11.5 Å². The number of aromatic nitrogens is 2.